The average molecular weight is 317 g/mol. The summed E-state index contributed by atoms with van der Waals surface area (Å²) < 4.78 is 5.69. The molecule has 0 N–H and O–H groups in total. The predicted molar refractivity (Wildman–Crippen MR) is 96.4 cm³/mol. The number of hydrogen-bond acceptors (Lipinski definition) is 1. The molecule has 0 aliphatic carbocycles. The molecule has 0 rings (SSSR count). The van der Waals surface area contributed by atoms with Crippen LogP contribution in [0.5, 0.6) is 0 Å². The Morgan fingerprint density at radius 1 is 0.619 bits per heavy atom. The van der Waals surface area contributed by atoms with E-state index in [1.54, 1.807) is 0 Å². The van der Waals surface area contributed by atoms with E-state index in [9.17, 15) is 0 Å². The Labute approximate surface area is 138 Å². The Balaban J connectivity index is 2.91. The van der Waals surface area contributed by atoms with Gasteiger partial charge in [0, 0.05) is 19.1 Å². The van der Waals surface area contributed by atoms with Crippen molar-refractivity contribution >= 4 is 11.6 Å². The van der Waals surface area contributed by atoms with Crippen molar-refractivity contribution in [3.63, 3.8) is 0 Å². The van der Waals surface area contributed by atoms with Gasteiger partial charge < -0.3 is 4.74 Å². The fourth-order valence-corrected chi connectivity index (χ4v) is 2.67. The van der Waals surface area contributed by atoms with Gasteiger partial charge in [0.05, 0.1) is 0 Å². The maximum absolute atomic E-state index is 5.69. The predicted octanol–water partition coefficient (Wildman–Crippen LogP) is 6.89. The Morgan fingerprint density at radius 2 is 1.05 bits per heavy atom. The van der Waals surface area contributed by atoms with Crippen LogP contribution in [0, 0.1) is 0 Å². The zero-order valence-corrected chi connectivity index (χ0v) is 14.8. The summed E-state index contributed by atoms with van der Waals surface area (Å²) in [5, 5.41) is 0. The summed E-state index contributed by atoms with van der Waals surface area (Å²) >= 11 is 5.65. The highest BCUT2D eigenvalue weighted by molar-refractivity contribution is 6.17. The molecule has 21 heavy (non-hydrogen) atoms. The van der Waals surface area contributed by atoms with E-state index in [4.69, 9.17) is 16.3 Å². The molecule has 0 aliphatic heterocycles. The molecule has 0 heterocycles. The minimum atomic E-state index is 0.817. The molecule has 1 nitrogen and oxygen atoms in total. The van der Waals surface area contributed by atoms with Crippen molar-refractivity contribution in [3.8, 4) is 0 Å². The highest BCUT2D eigenvalue weighted by Crippen LogP contribution is 2.09. The van der Waals surface area contributed by atoms with Gasteiger partial charge in [-0.1, -0.05) is 63.9 Å². The quantitative estimate of drug-likeness (QED) is 0.152. The van der Waals surface area contributed by atoms with Gasteiger partial charge in [-0.25, -0.2) is 0 Å². The second-order valence-corrected chi connectivity index (χ2v) is 6.35. The summed E-state index contributed by atoms with van der Waals surface area (Å²) in [7, 11) is 0. The molecule has 0 fully saturated rings. The SMILES string of the molecule is C=CCCCCCCCCCOCCCCCCCCCl. The molecule has 0 aliphatic rings. The second-order valence-electron chi connectivity index (χ2n) is 5.97. The first-order chi connectivity index (χ1) is 10.4. The van der Waals surface area contributed by atoms with Gasteiger partial charge in [0.25, 0.3) is 0 Å². The molecule has 0 aromatic heterocycles. The van der Waals surface area contributed by atoms with Crippen LogP contribution in [0.15, 0.2) is 12.7 Å². The van der Waals surface area contributed by atoms with Crippen LogP contribution in [-0.2, 0) is 4.74 Å². The lowest BCUT2D eigenvalue weighted by Gasteiger charge is -2.05. The molecule has 0 bridgehead atoms. The van der Waals surface area contributed by atoms with Gasteiger partial charge >= 0.3 is 0 Å². The first kappa shape index (κ1) is 21.0. The first-order valence-corrected chi connectivity index (χ1v) is 9.70. The normalized spacial score (nSPS) is 10.9. The van der Waals surface area contributed by atoms with Crippen LogP contribution in [0.1, 0.15) is 89.9 Å². The van der Waals surface area contributed by atoms with Gasteiger partial charge in [0.15, 0.2) is 0 Å². The third-order valence-electron chi connectivity index (χ3n) is 3.87. The number of alkyl halides is 1. The third kappa shape index (κ3) is 20.0. The molecular weight excluding hydrogens is 280 g/mol. The van der Waals surface area contributed by atoms with E-state index in [0.29, 0.717) is 0 Å². The monoisotopic (exact) mass is 316 g/mol. The van der Waals surface area contributed by atoms with Crippen LogP contribution in [-0.4, -0.2) is 19.1 Å². The van der Waals surface area contributed by atoms with E-state index in [0.717, 1.165) is 19.1 Å². The van der Waals surface area contributed by atoms with Crippen molar-refractivity contribution in [2.45, 2.75) is 89.9 Å². The molecule has 0 atom stereocenters. The average Bonchev–Trinajstić information content (AvgIpc) is 2.50. The van der Waals surface area contributed by atoms with Crippen molar-refractivity contribution in [1.29, 1.82) is 0 Å². The fourth-order valence-electron chi connectivity index (χ4n) is 2.48. The topological polar surface area (TPSA) is 9.23 Å². The molecule has 126 valence electrons. The molecule has 0 spiro atoms. The van der Waals surface area contributed by atoms with Crippen molar-refractivity contribution < 1.29 is 4.74 Å². The minimum Gasteiger partial charge on any atom is -0.381 e. The number of hydrogen-bond donors (Lipinski definition) is 0. The zero-order chi connectivity index (χ0) is 15.4. The van der Waals surface area contributed by atoms with E-state index < -0.39 is 0 Å². The number of halogens is 1. The lowest BCUT2D eigenvalue weighted by atomic mass is 10.1. The highest BCUT2D eigenvalue weighted by Gasteiger charge is 1.94. The van der Waals surface area contributed by atoms with Crippen molar-refractivity contribution in [2.24, 2.45) is 0 Å². The minimum absolute atomic E-state index is 0.817. The summed E-state index contributed by atoms with van der Waals surface area (Å²) in [5.41, 5.74) is 0. The van der Waals surface area contributed by atoms with Crippen LogP contribution in [0.2, 0.25) is 0 Å². The van der Waals surface area contributed by atoms with Crippen LogP contribution >= 0.6 is 11.6 Å². The summed E-state index contributed by atoms with van der Waals surface area (Å²) in [5.74, 6) is 0.817. The summed E-state index contributed by atoms with van der Waals surface area (Å²) in [6.45, 7) is 5.67. The van der Waals surface area contributed by atoms with E-state index in [1.807, 2.05) is 6.08 Å². The maximum atomic E-state index is 5.69. The van der Waals surface area contributed by atoms with Crippen molar-refractivity contribution in [3.05, 3.63) is 12.7 Å². The Morgan fingerprint density at radius 3 is 1.52 bits per heavy atom. The van der Waals surface area contributed by atoms with Gasteiger partial charge in [-0.05, 0) is 32.1 Å². The second kappa shape index (κ2) is 20.0. The maximum Gasteiger partial charge on any atom is 0.0466 e. The van der Waals surface area contributed by atoms with Gasteiger partial charge in [-0.3, -0.25) is 0 Å². The molecular formula is C19H37ClO. The van der Waals surface area contributed by atoms with Gasteiger partial charge in [0.2, 0.25) is 0 Å². The molecule has 0 aromatic carbocycles. The van der Waals surface area contributed by atoms with E-state index in [-0.39, 0.29) is 0 Å². The Bertz CT molecular complexity index is 194. The van der Waals surface area contributed by atoms with Gasteiger partial charge in [-0.15, -0.1) is 18.2 Å². The van der Waals surface area contributed by atoms with E-state index in [2.05, 4.69) is 6.58 Å². The van der Waals surface area contributed by atoms with Crippen molar-refractivity contribution in [1.82, 2.24) is 0 Å². The van der Waals surface area contributed by atoms with E-state index >= 15 is 0 Å². The fraction of sp³-hybridized carbons (Fsp3) is 0.895. The summed E-state index contributed by atoms with van der Waals surface area (Å²) in [6, 6.07) is 0. The molecule has 2 heteroatoms. The van der Waals surface area contributed by atoms with Gasteiger partial charge in [0.1, 0.15) is 0 Å². The lowest BCUT2D eigenvalue weighted by Crippen LogP contribution is -1.97. The number of ether oxygens (including phenoxy) is 1. The summed E-state index contributed by atoms with van der Waals surface area (Å²) in [4.78, 5) is 0. The van der Waals surface area contributed by atoms with Crippen molar-refractivity contribution in [2.75, 3.05) is 19.1 Å². The first-order valence-electron chi connectivity index (χ1n) is 9.16. The molecule has 0 aromatic rings. The molecule has 0 radical (unpaired) electrons. The zero-order valence-electron chi connectivity index (χ0n) is 14.1. The number of rotatable bonds is 18. The standard InChI is InChI=1S/C19H37ClO/c1-2-3-4-5-6-7-9-12-15-18-21-19-16-13-10-8-11-14-17-20/h2H,1,3-19H2. The lowest BCUT2D eigenvalue weighted by molar-refractivity contribution is 0.125. The highest BCUT2D eigenvalue weighted by atomic mass is 35.5. The molecule has 0 saturated heterocycles. The molecule has 0 unspecified atom stereocenters. The number of allylic oxidation sites excluding steroid dienone is 1. The third-order valence-corrected chi connectivity index (χ3v) is 4.14. The van der Waals surface area contributed by atoms with Crippen LogP contribution in [0.4, 0.5) is 0 Å². The van der Waals surface area contributed by atoms with E-state index in [1.165, 1.54) is 89.9 Å². The van der Waals surface area contributed by atoms with Gasteiger partial charge in [-0.2, -0.15) is 0 Å². The molecule has 0 saturated carbocycles. The van der Waals surface area contributed by atoms with Crippen LogP contribution < -0.4 is 0 Å². The Kier molecular flexibility index (Phi) is 20.0. The van der Waals surface area contributed by atoms with Crippen LogP contribution in [0.3, 0.4) is 0 Å². The smallest absolute Gasteiger partial charge is 0.0466 e. The molecule has 0 amide bonds. The number of unbranched alkanes of at least 4 members (excludes halogenated alkanes) is 12. The summed E-state index contributed by atoms with van der Waals surface area (Å²) in [6.07, 6.45) is 20.3. The Hall–Kier alpha value is -0.0100. The largest absolute Gasteiger partial charge is 0.381 e. The van der Waals surface area contributed by atoms with Crippen LogP contribution in [0.25, 0.3) is 0 Å².